The third-order valence-electron chi connectivity index (χ3n) is 3.83. The van der Waals surface area contributed by atoms with Gasteiger partial charge in [0.25, 0.3) is 5.91 Å². The average Bonchev–Trinajstić information content (AvgIpc) is 2.96. The number of halogens is 1. The zero-order valence-electron chi connectivity index (χ0n) is 15.9. The first kappa shape index (κ1) is 21.2. The SMILES string of the molecule is CCNC(=NCCc1nc(C)c(C)s1)NCCNC(=O)c1ccccc1Cl. The van der Waals surface area contributed by atoms with Gasteiger partial charge in [-0.3, -0.25) is 9.79 Å². The second kappa shape index (κ2) is 10.9. The van der Waals surface area contributed by atoms with Crippen LogP contribution >= 0.6 is 22.9 Å². The van der Waals surface area contributed by atoms with E-state index in [4.69, 9.17) is 11.6 Å². The molecule has 0 spiro atoms. The van der Waals surface area contributed by atoms with Crippen molar-refractivity contribution in [3.8, 4) is 0 Å². The van der Waals surface area contributed by atoms with Crippen LogP contribution in [-0.2, 0) is 6.42 Å². The Bertz CT molecular complexity index is 771. The number of hydrogen-bond acceptors (Lipinski definition) is 4. The van der Waals surface area contributed by atoms with Gasteiger partial charge in [-0.25, -0.2) is 4.98 Å². The molecule has 0 fully saturated rings. The maximum absolute atomic E-state index is 12.1. The monoisotopic (exact) mass is 407 g/mol. The molecule has 146 valence electrons. The smallest absolute Gasteiger partial charge is 0.252 e. The van der Waals surface area contributed by atoms with Crippen molar-refractivity contribution in [2.45, 2.75) is 27.2 Å². The topological polar surface area (TPSA) is 78.4 Å². The van der Waals surface area contributed by atoms with Gasteiger partial charge in [0.1, 0.15) is 0 Å². The van der Waals surface area contributed by atoms with Gasteiger partial charge in [0.2, 0.25) is 0 Å². The molecule has 0 atom stereocenters. The van der Waals surface area contributed by atoms with Crippen LogP contribution in [0.1, 0.15) is 32.9 Å². The molecule has 0 aliphatic carbocycles. The van der Waals surface area contributed by atoms with Crippen molar-refractivity contribution in [1.29, 1.82) is 0 Å². The Kier molecular flexibility index (Phi) is 8.54. The zero-order valence-corrected chi connectivity index (χ0v) is 17.5. The molecule has 27 heavy (non-hydrogen) atoms. The van der Waals surface area contributed by atoms with E-state index >= 15 is 0 Å². The first-order valence-corrected chi connectivity index (χ1v) is 10.2. The largest absolute Gasteiger partial charge is 0.357 e. The lowest BCUT2D eigenvalue weighted by Gasteiger charge is -2.12. The Balaban J connectivity index is 1.76. The minimum Gasteiger partial charge on any atom is -0.357 e. The molecule has 0 unspecified atom stereocenters. The van der Waals surface area contributed by atoms with Gasteiger partial charge in [0, 0.05) is 37.5 Å². The Morgan fingerprint density at radius 1 is 1.19 bits per heavy atom. The number of nitrogens with zero attached hydrogens (tertiary/aromatic N) is 2. The molecule has 0 radical (unpaired) electrons. The van der Waals surface area contributed by atoms with E-state index in [0.717, 1.165) is 29.6 Å². The van der Waals surface area contributed by atoms with Gasteiger partial charge in [0.05, 0.1) is 21.3 Å². The van der Waals surface area contributed by atoms with E-state index in [0.29, 0.717) is 30.2 Å². The normalized spacial score (nSPS) is 11.3. The van der Waals surface area contributed by atoms with Crippen molar-refractivity contribution in [2.75, 3.05) is 26.2 Å². The standard InChI is InChI=1S/C19H26ClN5OS/c1-4-21-19(23-10-9-17-25-13(2)14(3)27-17)24-12-11-22-18(26)15-7-5-6-8-16(15)20/h5-8H,4,9-12H2,1-3H3,(H,22,26)(H2,21,23,24). The summed E-state index contributed by atoms with van der Waals surface area (Å²) in [5.74, 6) is 0.549. The fourth-order valence-electron chi connectivity index (χ4n) is 2.35. The summed E-state index contributed by atoms with van der Waals surface area (Å²) in [5.41, 5.74) is 1.58. The van der Waals surface area contributed by atoms with Gasteiger partial charge in [0.15, 0.2) is 5.96 Å². The van der Waals surface area contributed by atoms with Crippen LogP contribution in [0.15, 0.2) is 29.3 Å². The summed E-state index contributed by atoms with van der Waals surface area (Å²) in [5, 5.41) is 10.8. The quantitative estimate of drug-likeness (QED) is 0.357. The summed E-state index contributed by atoms with van der Waals surface area (Å²) in [7, 11) is 0. The molecule has 3 N–H and O–H groups in total. The van der Waals surface area contributed by atoms with E-state index in [-0.39, 0.29) is 5.91 Å². The molecular weight excluding hydrogens is 382 g/mol. The lowest BCUT2D eigenvalue weighted by molar-refractivity contribution is 0.0954. The van der Waals surface area contributed by atoms with Crippen LogP contribution in [0.5, 0.6) is 0 Å². The molecular formula is C19H26ClN5OS. The number of carbonyl (C=O) groups is 1. The summed E-state index contributed by atoms with van der Waals surface area (Å²) < 4.78 is 0. The molecule has 0 saturated carbocycles. The van der Waals surface area contributed by atoms with Crippen molar-refractivity contribution in [2.24, 2.45) is 4.99 Å². The minimum absolute atomic E-state index is 0.182. The minimum atomic E-state index is -0.182. The molecule has 1 heterocycles. The highest BCUT2D eigenvalue weighted by atomic mass is 35.5. The Morgan fingerprint density at radius 2 is 1.93 bits per heavy atom. The van der Waals surface area contributed by atoms with E-state index in [2.05, 4.69) is 32.9 Å². The highest BCUT2D eigenvalue weighted by molar-refractivity contribution is 7.11. The van der Waals surface area contributed by atoms with Crippen LogP contribution in [0.3, 0.4) is 0 Å². The van der Waals surface area contributed by atoms with E-state index in [9.17, 15) is 4.79 Å². The van der Waals surface area contributed by atoms with Crippen LogP contribution < -0.4 is 16.0 Å². The number of aliphatic imine (C=N–C) groups is 1. The molecule has 1 aromatic heterocycles. The summed E-state index contributed by atoms with van der Waals surface area (Å²) in [6.45, 7) is 8.60. The predicted molar refractivity (Wildman–Crippen MR) is 113 cm³/mol. The zero-order chi connectivity index (χ0) is 19.6. The van der Waals surface area contributed by atoms with Crippen molar-refractivity contribution in [1.82, 2.24) is 20.9 Å². The van der Waals surface area contributed by atoms with Crippen LogP contribution in [0.2, 0.25) is 5.02 Å². The van der Waals surface area contributed by atoms with Crippen molar-refractivity contribution >= 4 is 34.8 Å². The van der Waals surface area contributed by atoms with E-state index in [1.54, 1.807) is 35.6 Å². The highest BCUT2D eigenvalue weighted by Crippen LogP contribution is 2.16. The molecule has 1 amide bonds. The molecule has 0 aliphatic heterocycles. The summed E-state index contributed by atoms with van der Waals surface area (Å²) in [6.07, 6.45) is 0.819. The summed E-state index contributed by atoms with van der Waals surface area (Å²) in [4.78, 5) is 22.5. The van der Waals surface area contributed by atoms with Crippen LogP contribution in [-0.4, -0.2) is 43.0 Å². The molecule has 0 saturated heterocycles. The molecule has 6 nitrogen and oxygen atoms in total. The van der Waals surface area contributed by atoms with Gasteiger partial charge < -0.3 is 16.0 Å². The molecule has 1 aromatic carbocycles. The van der Waals surface area contributed by atoms with Crippen molar-refractivity contribution < 1.29 is 4.79 Å². The predicted octanol–water partition coefficient (Wildman–Crippen LogP) is 2.94. The van der Waals surface area contributed by atoms with E-state index < -0.39 is 0 Å². The molecule has 2 rings (SSSR count). The maximum atomic E-state index is 12.1. The third-order valence-corrected chi connectivity index (χ3v) is 5.30. The van der Waals surface area contributed by atoms with Crippen molar-refractivity contribution in [3.05, 3.63) is 50.4 Å². The number of amides is 1. The molecule has 8 heteroatoms. The van der Waals surface area contributed by atoms with Gasteiger partial charge >= 0.3 is 0 Å². The Labute approximate surface area is 169 Å². The van der Waals surface area contributed by atoms with Gasteiger partial charge in [-0.1, -0.05) is 23.7 Å². The second-order valence-electron chi connectivity index (χ2n) is 5.92. The Morgan fingerprint density at radius 3 is 2.59 bits per heavy atom. The van der Waals surface area contributed by atoms with Gasteiger partial charge in [-0.05, 0) is 32.9 Å². The number of rotatable bonds is 8. The lowest BCUT2D eigenvalue weighted by atomic mass is 10.2. The highest BCUT2D eigenvalue weighted by Gasteiger charge is 2.08. The summed E-state index contributed by atoms with van der Waals surface area (Å²) in [6, 6.07) is 7.00. The molecule has 2 aromatic rings. The lowest BCUT2D eigenvalue weighted by Crippen LogP contribution is -2.41. The summed E-state index contributed by atoms with van der Waals surface area (Å²) >= 11 is 7.76. The van der Waals surface area contributed by atoms with E-state index in [1.165, 1.54) is 4.88 Å². The maximum Gasteiger partial charge on any atom is 0.252 e. The average molecular weight is 408 g/mol. The number of hydrogen-bond donors (Lipinski definition) is 3. The second-order valence-corrected chi connectivity index (χ2v) is 7.62. The third kappa shape index (κ3) is 6.84. The van der Waals surface area contributed by atoms with Crippen molar-refractivity contribution in [3.63, 3.8) is 0 Å². The van der Waals surface area contributed by atoms with Crippen LogP contribution in [0.4, 0.5) is 0 Å². The number of thiazole rings is 1. The number of guanidine groups is 1. The van der Waals surface area contributed by atoms with Gasteiger partial charge in [-0.2, -0.15) is 0 Å². The fraction of sp³-hybridized carbons (Fsp3) is 0.421. The number of aryl methyl sites for hydroxylation is 2. The fourth-order valence-corrected chi connectivity index (χ4v) is 3.49. The first-order valence-electron chi connectivity index (χ1n) is 8.99. The van der Waals surface area contributed by atoms with E-state index in [1.807, 2.05) is 13.8 Å². The Hall–Kier alpha value is -2.12. The molecule has 0 bridgehead atoms. The number of benzene rings is 1. The van der Waals surface area contributed by atoms with Crippen LogP contribution in [0, 0.1) is 13.8 Å². The van der Waals surface area contributed by atoms with Crippen LogP contribution in [0.25, 0.3) is 0 Å². The first-order chi connectivity index (χ1) is 13.0. The number of aromatic nitrogens is 1. The molecule has 0 aliphatic rings. The van der Waals surface area contributed by atoms with Gasteiger partial charge in [-0.15, -0.1) is 11.3 Å². The number of carbonyl (C=O) groups excluding carboxylic acids is 1. The number of nitrogens with one attached hydrogen (secondary N) is 3.